The summed E-state index contributed by atoms with van der Waals surface area (Å²) >= 11 is 0. The number of carbonyl (C=O) groups is 2. The maximum absolute atomic E-state index is 12.9. The van der Waals surface area contributed by atoms with E-state index in [1.807, 2.05) is 4.57 Å². The van der Waals surface area contributed by atoms with Gasteiger partial charge in [0.05, 0.1) is 19.9 Å². The molecule has 148 valence electrons. The second kappa shape index (κ2) is 8.60. The number of carbonyl (C=O) groups excluding carboxylic acids is 2. The van der Waals surface area contributed by atoms with Crippen LogP contribution in [0.5, 0.6) is 11.5 Å². The summed E-state index contributed by atoms with van der Waals surface area (Å²) in [4.78, 5) is 29.7. The number of aromatic nitrogens is 2. The highest BCUT2D eigenvalue weighted by molar-refractivity contribution is 6.03. The van der Waals surface area contributed by atoms with Gasteiger partial charge in [-0.15, -0.1) is 6.58 Å². The molecule has 1 aliphatic heterocycles. The van der Waals surface area contributed by atoms with Crippen molar-refractivity contribution in [3.63, 3.8) is 0 Å². The molecule has 2 heterocycles. The van der Waals surface area contributed by atoms with Gasteiger partial charge < -0.3 is 24.7 Å². The number of nitrogens with one attached hydrogen (secondary N) is 2. The average molecular weight is 384 g/mol. The van der Waals surface area contributed by atoms with Gasteiger partial charge in [-0.2, -0.15) is 0 Å². The minimum absolute atomic E-state index is 0.230. The third-order valence-electron chi connectivity index (χ3n) is 4.58. The number of hydrogen-bond acceptors (Lipinski definition) is 5. The van der Waals surface area contributed by atoms with E-state index < -0.39 is 0 Å². The molecule has 2 amide bonds. The van der Waals surface area contributed by atoms with Crippen LogP contribution in [0.4, 0.5) is 5.69 Å². The quantitative estimate of drug-likeness (QED) is 0.715. The largest absolute Gasteiger partial charge is 0.493 e. The zero-order valence-corrected chi connectivity index (χ0v) is 16.1. The van der Waals surface area contributed by atoms with Crippen molar-refractivity contribution < 1.29 is 19.1 Å². The first-order chi connectivity index (χ1) is 13.6. The van der Waals surface area contributed by atoms with E-state index in [0.717, 1.165) is 18.5 Å². The molecule has 3 rings (SSSR count). The van der Waals surface area contributed by atoms with Gasteiger partial charge in [0.25, 0.3) is 11.8 Å². The molecule has 0 radical (unpaired) electrons. The Hall–Kier alpha value is -3.29. The van der Waals surface area contributed by atoms with Crippen molar-refractivity contribution in [1.29, 1.82) is 0 Å². The lowest BCUT2D eigenvalue weighted by atomic mass is 10.1. The molecule has 0 spiro atoms. The third-order valence-corrected chi connectivity index (χ3v) is 4.58. The number of anilines is 1. The number of amides is 2. The predicted octanol–water partition coefficient (Wildman–Crippen LogP) is 2.40. The topological polar surface area (TPSA) is 94.5 Å². The summed E-state index contributed by atoms with van der Waals surface area (Å²) < 4.78 is 12.3. The van der Waals surface area contributed by atoms with E-state index in [9.17, 15) is 9.59 Å². The van der Waals surface area contributed by atoms with Gasteiger partial charge in [0.1, 0.15) is 5.69 Å². The molecule has 0 aliphatic carbocycles. The third kappa shape index (κ3) is 3.85. The lowest BCUT2D eigenvalue weighted by molar-refractivity contribution is 0.0952. The molecule has 0 fully saturated rings. The van der Waals surface area contributed by atoms with E-state index in [-0.39, 0.29) is 17.6 Å². The highest BCUT2D eigenvalue weighted by atomic mass is 16.5. The van der Waals surface area contributed by atoms with Crippen molar-refractivity contribution in [3.8, 4) is 11.5 Å². The first-order valence-corrected chi connectivity index (χ1v) is 9.11. The second-order valence-electron chi connectivity index (χ2n) is 6.36. The van der Waals surface area contributed by atoms with Crippen LogP contribution >= 0.6 is 0 Å². The van der Waals surface area contributed by atoms with Crippen LogP contribution in [0.1, 0.15) is 39.6 Å². The lowest BCUT2D eigenvalue weighted by Crippen LogP contribution is -2.25. The summed E-state index contributed by atoms with van der Waals surface area (Å²) in [7, 11) is 3.08. The summed E-state index contributed by atoms with van der Waals surface area (Å²) in [6.45, 7) is 4.60. The molecule has 0 bridgehead atoms. The van der Waals surface area contributed by atoms with Crippen molar-refractivity contribution in [2.45, 2.75) is 25.8 Å². The average Bonchev–Trinajstić information content (AvgIpc) is 3.12. The fraction of sp³-hybridized carbons (Fsp3) is 0.350. The van der Waals surface area contributed by atoms with Crippen LogP contribution in [-0.4, -0.2) is 42.1 Å². The molecule has 28 heavy (non-hydrogen) atoms. The minimum Gasteiger partial charge on any atom is -0.493 e. The Morgan fingerprint density at radius 3 is 2.71 bits per heavy atom. The van der Waals surface area contributed by atoms with Crippen molar-refractivity contribution in [2.75, 3.05) is 26.1 Å². The van der Waals surface area contributed by atoms with Gasteiger partial charge in [0.2, 0.25) is 0 Å². The molecule has 2 aromatic rings. The van der Waals surface area contributed by atoms with Gasteiger partial charge in [-0.25, -0.2) is 4.98 Å². The lowest BCUT2D eigenvalue weighted by Gasteiger charge is -2.17. The van der Waals surface area contributed by atoms with E-state index in [1.165, 1.54) is 7.11 Å². The Balaban J connectivity index is 1.88. The Labute approximate surface area is 163 Å². The highest BCUT2D eigenvalue weighted by Crippen LogP contribution is 2.30. The standard InChI is InChI=1S/C20H24N4O4/c1-4-10-21-19(25)17-14-7-5-6-11-24(14)18(23-17)20(26)22-13-8-9-15(27-2)16(12-13)28-3/h4,8-9,12H,1,5-7,10-11H2,2-3H3,(H,21,25)(H,22,26). The van der Waals surface area contributed by atoms with Crippen LogP contribution in [-0.2, 0) is 13.0 Å². The van der Waals surface area contributed by atoms with Crippen LogP contribution in [0.25, 0.3) is 0 Å². The molecular formula is C20H24N4O4. The molecule has 8 heteroatoms. The number of rotatable bonds is 7. The molecule has 0 atom stereocenters. The number of imidazole rings is 1. The van der Waals surface area contributed by atoms with E-state index in [0.29, 0.717) is 42.4 Å². The summed E-state index contributed by atoms with van der Waals surface area (Å²) in [5.74, 6) is 0.636. The van der Waals surface area contributed by atoms with E-state index >= 15 is 0 Å². The fourth-order valence-electron chi connectivity index (χ4n) is 3.25. The smallest absolute Gasteiger partial charge is 0.291 e. The van der Waals surface area contributed by atoms with E-state index in [2.05, 4.69) is 22.2 Å². The Bertz CT molecular complexity index is 904. The van der Waals surface area contributed by atoms with Crippen LogP contribution in [0.3, 0.4) is 0 Å². The van der Waals surface area contributed by atoms with Gasteiger partial charge >= 0.3 is 0 Å². The van der Waals surface area contributed by atoms with Crippen molar-refractivity contribution >= 4 is 17.5 Å². The van der Waals surface area contributed by atoms with Crippen LogP contribution < -0.4 is 20.1 Å². The number of fused-ring (bicyclic) bond motifs is 1. The molecule has 2 N–H and O–H groups in total. The molecule has 8 nitrogen and oxygen atoms in total. The van der Waals surface area contributed by atoms with Crippen LogP contribution in [0, 0.1) is 0 Å². The number of ether oxygens (including phenoxy) is 2. The molecule has 0 unspecified atom stereocenters. The van der Waals surface area contributed by atoms with E-state index in [1.54, 1.807) is 31.4 Å². The first kappa shape index (κ1) is 19.5. The summed E-state index contributed by atoms with van der Waals surface area (Å²) in [5, 5.41) is 5.56. The Morgan fingerprint density at radius 2 is 2.00 bits per heavy atom. The van der Waals surface area contributed by atoms with Gasteiger partial charge in [-0.1, -0.05) is 6.08 Å². The summed E-state index contributed by atoms with van der Waals surface area (Å²) in [6, 6.07) is 5.11. The normalized spacial score (nSPS) is 12.6. The maximum atomic E-state index is 12.9. The van der Waals surface area contributed by atoms with Crippen molar-refractivity contribution in [1.82, 2.24) is 14.9 Å². The van der Waals surface area contributed by atoms with E-state index in [4.69, 9.17) is 9.47 Å². The van der Waals surface area contributed by atoms with Gasteiger partial charge in [0.15, 0.2) is 17.3 Å². The molecule has 1 aromatic heterocycles. The molecular weight excluding hydrogens is 360 g/mol. The fourth-order valence-corrected chi connectivity index (χ4v) is 3.25. The Morgan fingerprint density at radius 1 is 1.21 bits per heavy atom. The monoisotopic (exact) mass is 384 g/mol. The first-order valence-electron chi connectivity index (χ1n) is 9.11. The molecule has 0 saturated carbocycles. The SMILES string of the molecule is C=CCNC(=O)c1nc(C(=O)Nc2ccc(OC)c(OC)c2)n2c1CCCC2. The van der Waals surface area contributed by atoms with Crippen LogP contribution in [0.15, 0.2) is 30.9 Å². The molecule has 1 aliphatic rings. The predicted molar refractivity (Wildman–Crippen MR) is 105 cm³/mol. The number of hydrogen-bond donors (Lipinski definition) is 2. The zero-order valence-electron chi connectivity index (χ0n) is 16.1. The van der Waals surface area contributed by atoms with Gasteiger partial charge in [-0.05, 0) is 31.4 Å². The molecule has 0 saturated heterocycles. The summed E-state index contributed by atoms with van der Waals surface area (Å²) in [6.07, 6.45) is 4.22. The van der Waals surface area contributed by atoms with Gasteiger partial charge in [0, 0.05) is 24.8 Å². The number of benzene rings is 1. The molecule has 1 aromatic carbocycles. The minimum atomic E-state index is -0.377. The van der Waals surface area contributed by atoms with Crippen LogP contribution in [0.2, 0.25) is 0 Å². The van der Waals surface area contributed by atoms with Crippen molar-refractivity contribution in [2.24, 2.45) is 0 Å². The highest BCUT2D eigenvalue weighted by Gasteiger charge is 2.27. The number of nitrogens with zero attached hydrogens (tertiary/aromatic N) is 2. The maximum Gasteiger partial charge on any atom is 0.291 e. The zero-order chi connectivity index (χ0) is 20.1. The second-order valence-corrected chi connectivity index (χ2v) is 6.36. The van der Waals surface area contributed by atoms with Gasteiger partial charge in [-0.3, -0.25) is 9.59 Å². The van der Waals surface area contributed by atoms with Crippen molar-refractivity contribution in [3.05, 3.63) is 48.1 Å². The summed E-state index contributed by atoms with van der Waals surface area (Å²) in [5.41, 5.74) is 1.65. The number of methoxy groups -OCH3 is 2. The Kier molecular flexibility index (Phi) is 5.98.